The summed E-state index contributed by atoms with van der Waals surface area (Å²) >= 11 is 0. The van der Waals surface area contributed by atoms with Crippen LogP contribution < -0.4 is 10.6 Å². The normalized spacial score (nSPS) is 19.7. The Morgan fingerprint density at radius 1 is 1.04 bits per heavy atom. The minimum Gasteiger partial charge on any atom is -0.346 e. The van der Waals surface area contributed by atoms with E-state index in [4.69, 9.17) is 0 Å². The molecule has 0 unspecified atom stereocenters. The van der Waals surface area contributed by atoms with Crippen LogP contribution in [-0.2, 0) is 4.79 Å². The number of carbonyl (C=O) groups excluding carboxylic acids is 2. The summed E-state index contributed by atoms with van der Waals surface area (Å²) in [6.45, 7) is 9.60. The number of urea groups is 1. The molecule has 0 bridgehead atoms. The molecule has 26 heavy (non-hydrogen) atoms. The summed E-state index contributed by atoms with van der Waals surface area (Å²) in [5.74, 6) is 0.957. The molecule has 0 aromatic heterocycles. The zero-order chi connectivity index (χ0) is 19.5. The fourth-order valence-corrected chi connectivity index (χ4v) is 3.54. The summed E-state index contributed by atoms with van der Waals surface area (Å²) in [5.41, 5.74) is 0. The molecule has 0 aromatic carbocycles. The van der Waals surface area contributed by atoms with Gasteiger partial charge in [0.1, 0.15) is 0 Å². The van der Waals surface area contributed by atoms with Crippen LogP contribution in [0.1, 0.15) is 65.7 Å². The Morgan fingerprint density at radius 3 is 2.35 bits per heavy atom. The summed E-state index contributed by atoms with van der Waals surface area (Å²) in [4.78, 5) is 27.7. The number of rotatable bonds is 13. The van der Waals surface area contributed by atoms with Gasteiger partial charge < -0.3 is 20.4 Å². The van der Waals surface area contributed by atoms with Crippen molar-refractivity contribution < 1.29 is 9.59 Å². The zero-order valence-corrected chi connectivity index (χ0v) is 17.5. The van der Waals surface area contributed by atoms with Crippen molar-refractivity contribution in [3.8, 4) is 0 Å². The van der Waals surface area contributed by atoms with Crippen molar-refractivity contribution in [3.05, 3.63) is 0 Å². The Labute approximate surface area is 160 Å². The number of carbonyl (C=O) groups is 2. The van der Waals surface area contributed by atoms with Gasteiger partial charge in [-0.1, -0.05) is 26.7 Å². The molecular formula is C20H40N4O2. The van der Waals surface area contributed by atoms with Crippen LogP contribution in [0, 0.1) is 5.92 Å². The molecule has 1 heterocycles. The van der Waals surface area contributed by atoms with E-state index in [1.165, 1.54) is 0 Å². The number of hydrogen-bond acceptors (Lipinski definition) is 3. The highest BCUT2D eigenvalue weighted by atomic mass is 16.2. The van der Waals surface area contributed by atoms with E-state index in [9.17, 15) is 9.59 Å². The molecule has 0 radical (unpaired) electrons. The Hall–Kier alpha value is -1.30. The number of hydrogen-bond donors (Lipinski definition) is 2. The maximum atomic E-state index is 12.2. The van der Waals surface area contributed by atoms with Crippen LogP contribution in [0.15, 0.2) is 0 Å². The fraction of sp³-hybridized carbons (Fsp3) is 0.900. The average Bonchev–Trinajstić information content (AvgIpc) is 2.87. The lowest BCUT2D eigenvalue weighted by molar-refractivity contribution is -0.130. The molecular weight excluding hydrogens is 328 g/mol. The number of unbranched alkanes of at least 4 members (excludes halogenated alkanes) is 3. The number of nitrogens with zero attached hydrogens (tertiary/aromatic N) is 2. The molecule has 6 nitrogen and oxygen atoms in total. The second kappa shape index (κ2) is 12.2. The smallest absolute Gasteiger partial charge is 0.315 e. The third-order valence-electron chi connectivity index (χ3n) is 5.07. The van der Waals surface area contributed by atoms with Crippen LogP contribution in [-0.4, -0.2) is 67.6 Å². The van der Waals surface area contributed by atoms with Gasteiger partial charge in [-0.2, -0.15) is 0 Å². The number of amides is 3. The van der Waals surface area contributed by atoms with Crippen molar-refractivity contribution in [2.45, 2.75) is 77.8 Å². The number of nitrogens with one attached hydrogen (secondary N) is 2. The topological polar surface area (TPSA) is 64.7 Å². The first-order valence-corrected chi connectivity index (χ1v) is 10.3. The van der Waals surface area contributed by atoms with Crippen LogP contribution in [0.4, 0.5) is 4.79 Å². The highest BCUT2D eigenvalue weighted by Crippen LogP contribution is 2.12. The summed E-state index contributed by atoms with van der Waals surface area (Å²) < 4.78 is 0. The lowest BCUT2D eigenvalue weighted by Gasteiger charge is -2.20. The third-order valence-corrected chi connectivity index (χ3v) is 5.07. The summed E-state index contributed by atoms with van der Waals surface area (Å²) in [7, 11) is 4.09. The SMILES string of the molecule is CC(C)CN(C)CCCCN(C)C(=O)CCCCC[C@H]1NC(=O)N[C@H]1C. The fourth-order valence-electron chi connectivity index (χ4n) is 3.54. The van der Waals surface area contributed by atoms with Crippen molar-refractivity contribution in [1.82, 2.24) is 20.4 Å². The van der Waals surface area contributed by atoms with Crippen LogP contribution in [0.3, 0.4) is 0 Å². The van der Waals surface area contributed by atoms with Gasteiger partial charge in [-0.3, -0.25) is 4.79 Å². The van der Waals surface area contributed by atoms with Crippen LogP contribution in [0.25, 0.3) is 0 Å². The summed E-state index contributed by atoms with van der Waals surface area (Å²) in [6.07, 6.45) is 6.84. The van der Waals surface area contributed by atoms with E-state index in [1.54, 1.807) is 0 Å². The van der Waals surface area contributed by atoms with Crippen molar-refractivity contribution >= 4 is 11.9 Å². The van der Waals surface area contributed by atoms with Gasteiger partial charge >= 0.3 is 6.03 Å². The maximum Gasteiger partial charge on any atom is 0.315 e. The van der Waals surface area contributed by atoms with Gasteiger partial charge in [-0.15, -0.1) is 0 Å². The molecule has 0 aromatic rings. The molecule has 3 amide bonds. The Morgan fingerprint density at radius 2 is 1.73 bits per heavy atom. The Balaban J connectivity index is 2.01. The minimum atomic E-state index is -0.0605. The molecule has 1 fully saturated rings. The molecule has 152 valence electrons. The van der Waals surface area contributed by atoms with Crippen molar-refractivity contribution in [2.24, 2.45) is 5.92 Å². The van der Waals surface area contributed by atoms with Crippen molar-refractivity contribution in [2.75, 3.05) is 33.7 Å². The Kier molecular flexibility index (Phi) is 10.6. The summed E-state index contributed by atoms with van der Waals surface area (Å²) in [6, 6.07) is 0.374. The highest BCUT2D eigenvalue weighted by Gasteiger charge is 2.26. The largest absolute Gasteiger partial charge is 0.346 e. The molecule has 1 aliphatic rings. The van der Waals surface area contributed by atoms with E-state index in [-0.39, 0.29) is 24.0 Å². The first kappa shape index (κ1) is 22.7. The minimum absolute atomic E-state index is 0.0605. The van der Waals surface area contributed by atoms with Gasteiger partial charge in [0.15, 0.2) is 0 Å². The van der Waals surface area contributed by atoms with Gasteiger partial charge in [0.2, 0.25) is 5.91 Å². The van der Waals surface area contributed by atoms with Gasteiger partial charge in [-0.05, 0) is 52.1 Å². The van der Waals surface area contributed by atoms with Gasteiger partial charge in [-0.25, -0.2) is 4.79 Å². The zero-order valence-electron chi connectivity index (χ0n) is 17.5. The predicted octanol–water partition coefficient (Wildman–Crippen LogP) is 2.83. The highest BCUT2D eigenvalue weighted by molar-refractivity contribution is 5.77. The standard InChI is InChI=1S/C20H40N4O2/c1-16(2)15-23(4)13-9-10-14-24(5)19(25)12-8-6-7-11-18-17(3)21-20(26)22-18/h16-18H,6-15H2,1-5H3,(H2,21,22,26)/t17-,18+/m0/s1. The summed E-state index contributed by atoms with van der Waals surface area (Å²) in [5, 5.41) is 5.81. The molecule has 0 saturated carbocycles. The van der Waals surface area contributed by atoms with E-state index in [0.717, 1.165) is 58.2 Å². The van der Waals surface area contributed by atoms with Crippen LogP contribution in [0.2, 0.25) is 0 Å². The molecule has 1 saturated heterocycles. The lowest BCUT2D eigenvalue weighted by atomic mass is 10.0. The van der Waals surface area contributed by atoms with E-state index in [2.05, 4.69) is 36.4 Å². The molecule has 0 spiro atoms. The van der Waals surface area contributed by atoms with E-state index >= 15 is 0 Å². The Bertz CT molecular complexity index is 428. The molecule has 2 N–H and O–H groups in total. The quantitative estimate of drug-likeness (QED) is 0.491. The van der Waals surface area contributed by atoms with Crippen LogP contribution in [0.5, 0.6) is 0 Å². The van der Waals surface area contributed by atoms with E-state index < -0.39 is 0 Å². The van der Waals surface area contributed by atoms with Crippen molar-refractivity contribution in [3.63, 3.8) is 0 Å². The third kappa shape index (κ3) is 9.41. The molecule has 1 aliphatic heterocycles. The molecule has 6 heteroatoms. The average molecular weight is 369 g/mol. The monoisotopic (exact) mass is 368 g/mol. The van der Waals surface area contributed by atoms with Crippen molar-refractivity contribution in [1.29, 1.82) is 0 Å². The van der Waals surface area contributed by atoms with Crippen LogP contribution >= 0.6 is 0 Å². The van der Waals surface area contributed by atoms with E-state index in [0.29, 0.717) is 12.3 Å². The second-order valence-electron chi connectivity index (χ2n) is 8.29. The second-order valence-corrected chi connectivity index (χ2v) is 8.29. The molecule has 1 rings (SSSR count). The predicted molar refractivity (Wildman–Crippen MR) is 107 cm³/mol. The van der Waals surface area contributed by atoms with E-state index in [1.807, 2.05) is 18.9 Å². The lowest BCUT2D eigenvalue weighted by Crippen LogP contribution is -2.30. The van der Waals surface area contributed by atoms with Gasteiger partial charge in [0, 0.05) is 32.6 Å². The first-order chi connectivity index (χ1) is 12.3. The first-order valence-electron chi connectivity index (χ1n) is 10.3. The molecule has 2 atom stereocenters. The maximum absolute atomic E-state index is 12.2. The van der Waals surface area contributed by atoms with Gasteiger partial charge in [0.25, 0.3) is 0 Å². The van der Waals surface area contributed by atoms with Gasteiger partial charge in [0.05, 0.1) is 6.04 Å². The molecule has 0 aliphatic carbocycles.